The van der Waals surface area contributed by atoms with Gasteiger partial charge in [-0.15, -0.1) is 0 Å². The van der Waals surface area contributed by atoms with Crippen LogP contribution in [0.15, 0.2) is 12.1 Å². The van der Waals surface area contributed by atoms with Gasteiger partial charge in [0, 0.05) is 12.1 Å². The van der Waals surface area contributed by atoms with Gasteiger partial charge >= 0.3 is 0 Å². The number of aliphatic hydroxyl groups is 1. The average Bonchev–Trinajstić information content (AvgIpc) is 2.67. The minimum atomic E-state index is -0.245. The number of hydrogen-bond donors (Lipinski definition) is 2. The predicted octanol–water partition coefficient (Wildman–Crippen LogP) is 2.84. The van der Waals surface area contributed by atoms with Crippen LogP contribution < -0.4 is 5.73 Å². The van der Waals surface area contributed by atoms with Crippen LogP contribution in [-0.2, 0) is 0 Å². The number of aromatic nitrogens is 2. The van der Waals surface area contributed by atoms with E-state index in [-0.39, 0.29) is 18.0 Å². The normalized spacial score (nSPS) is 23.9. The van der Waals surface area contributed by atoms with E-state index in [4.69, 9.17) is 5.73 Å². The van der Waals surface area contributed by atoms with E-state index in [0.717, 1.165) is 36.7 Å². The molecule has 4 nitrogen and oxygen atoms in total. The molecule has 1 heterocycles. The maximum absolute atomic E-state index is 13.7. The second kappa shape index (κ2) is 4.90. The number of aliphatic hydroxyl groups excluding tert-OH is 1. The Hall–Kier alpha value is -0.890. The van der Waals surface area contributed by atoms with Crippen LogP contribution in [0.1, 0.15) is 31.7 Å². The van der Waals surface area contributed by atoms with Gasteiger partial charge in [-0.2, -0.15) is 0 Å². The average molecular weight is 375 g/mol. The molecular weight excluding hydrogens is 360 g/mol. The van der Waals surface area contributed by atoms with Crippen molar-refractivity contribution < 1.29 is 9.50 Å². The second-order valence-electron chi connectivity index (χ2n) is 5.06. The highest BCUT2D eigenvalue weighted by Crippen LogP contribution is 2.34. The topological polar surface area (TPSA) is 64.1 Å². The van der Waals surface area contributed by atoms with Crippen molar-refractivity contribution in [2.45, 2.75) is 37.8 Å². The number of benzene rings is 1. The van der Waals surface area contributed by atoms with Gasteiger partial charge in [-0.1, -0.05) is 0 Å². The molecule has 2 aromatic rings. The summed E-state index contributed by atoms with van der Waals surface area (Å²) in [4.78, 5) is 4.32. The van der Waals surface area contributed by atoms with Crippen LogP contribution in [0.3, 0.4) is 0 Å². The molecule has 0 atom stereocenters. The third kappa shape index (κ3) is 2.31. The van der Waals surface area contributed by atoms with E-state index in [1.807, 2.05) is 27.2 Å². The third-order valence-electron chi connectivity index (χ3n) is 3.79. The van der Waals surface area contributed by atoms with E-state index in [9.17, 15) is 9.50 Å². The number of rotatable bonds is 1. The number of nitrogens with zero attached hydrogens (tertiary/aromatic N) is 2. The van der Waals surface area contributed by atoms with Crippen LogP contribution in [0.25, 0.3) is 11.0 Å². The molecule has 0 amide bonds. The molecule has 1 fully saturated rings. The molecule has 0 bridgehead atoms. The molecular formula is C13H15FIN3O. The molecule has 1 aromatic carbocycles. The highest BCUT2D eigenvalue weighted by atomic mass is 127. The molecule has 0 spiro atoms. The van der Waals surface area contributed by atoms with Crippen LogP contribution in [0.5, 0.6) is 0 Å². The number of imidazole rings is 1. The number of halogens is 2. The molecule has 1 aliphatic carbocycles. The lowest BCUT2D eigenvalue weighted by molar-refractivity contribution is 0.112. The van der Waals surface area contributed by atoms with Gasteiger partial charge in [-0.3, -0.25) is 0 Å². The zero-order valence-electron chi connectivity index (χ0n) is 10.3. The molecule has 102 valence electrons. The first-order valence-electron chi connectivity index (χ1n) is 6.37. The third-order valence-corrected chi connectivity index (χ3v) is 4.62. The van der Waals surface area contributed by atoms with E-state index >= 15 is 0 Å². The Balaban J connectivity index is 2.07. The highest BCUT2D eigenvalue weighted by molar-refractivity contribution is 14.1. The second-order valence-corrected chi connectivity index (χ2v) is 6.22. The lowest BCUT2D eigenvalue weighted by atomic mass is 9.93. The Labute approximate surface area is 123 Å². The van der Waals surface area contributed by atoms with Crippen molar-refractivity contribution in [1.82, 2.24) is 9.55 Å². The van der Waals surface area contributed by atoms with Crippen molar-refractivity contribution in [3.8, 4) is 0 Å². The number of anilines is 1. The van der Waals surface area contributed by atoms with Gasteiger partial charge in [0.05, 0.1) is 20.7 Å². The van der Waals surface area contributed by atoms with Gasteiger partial charge < -0.3 is 15.4 Å². The molecule has 0 radical (unpaired) electrons. The summed E-state index contributed by atoms with van der Waals surface area (Å²) >= 11 is 1.95. The smallest absolute Gasteiger partial charge is 0.201 e. The van der Waals surface area contributed by atoms with Gasteiger partial charge in [0.2, 0.25) is 5.95 Å². The van der Waals surface area contributed by atoms with E-state index in [2.05, 4.69) is 4.98 Å². The van der Waals surface area contributed by atoms with Crippen molar-refractivity contribution in [3.05, 3.63) is 21.5 Å². The Kier molecular flexibility index (Phi) is 3.38. The minimum Gasteiger partial charge on any atom is -0.393 e. The maximum atomic E-state index is 13.7. The fourth-order valence-corrected chi connectivity index (χ4v) is 3.26. The van der Waals surface area contributed by atoms with E-state index in [1.54, 1.807) is 6.07 Å². The molecule has 0 unspecified atom stereocenters. The van der Waals surface area contributed by atoms with Crippen molar-refractivity contribution in [2.75, 3.05) is 5.73 Å². The van der Waals surface area contributed by atoms with Crippen molar-refractivity contribution in [3.63, 3.8) is 0 Å². The fraction of sp³-hybridized carbons (Fsp3) is 0.462. The zero-order chi connectivity index (χ0) is 13.6. The predicted molar refractivity (Wildman–Crippen MR) is 80.3 cm³/mol. The fourth-order valence-electron chi connectivity index (χ4n) is 2.81. The molecule has 0 aliphatic heterocycles. The van der Waals surface area contributed by atoms with Gasteiger partial charge in [-0.25, -0.2) is 9.37 Å². The van der Waals surface area contributed by atoms with E-state index < -0.39 is 0 Å². The number of nitrogen functional groups attached to an aromatic ring is 1. The van der Waals surface area contributed by atoms with Crippen LogP contribution in [-0.4, -0.2) is 20.8 Å². The summed E-state index contributed by atoms with van der Waals surface area (Å²) in [5, 5.41) is 9.57. The molecule has 1 saturated carbocycles. The first-order valence-corrected chi connectivity index (χ1v) is 7.44. The molecule has 3 N–H and O–H groups in total. The Morgan fingerprint density at radius 2 is 2.00 bits per heavy atom. The van der Waals surface area contributed by atoms with Gasteiger partial charge in [0.1, 0.15) is 5.82 Å². The summed E-state index contributed by atoms with van der Waals surface area (Å²) in [6.07, 6.45) is 3.01. The first kappa shape index (κ1) is 13.1. The Morgan fingerprint density at radius 3 is 2.68 bits per heavy atom. The molecule has 1 aliphatic rings. The SMILES string of the molecule is Nc1nc2cc(I)c(F)cc2n1C1CCC(O)CC1. The molecule has 6 heteroatoms. The molecule has 3 rings (SSSR count). The summed E-state index contributed by atoms with van der Waals surface area (Å²) in [5.41, 5.74) is 7.46. The quantitative estimate of drug-likeness (QED) is 0.754. The van der Waals surface area contributed by atoms with E-state index in [0.29, 0.717) is 9.52 Å². The summed E-state index contributed by atoms with van der Waals surface area (Å²) in [6, 6.07) is 3.43. The first-order chi connectivity index (χ1) is 9.06. The number of fused-ring (bicyclic) bond motifs is 1. The van der Waals surface area contributed by atoms with Crippen LogP contribution in [0, 0.1) is 9.39 Å². The standard InChI is InChI=1S/C13H15FIN3O/c14-9-5-12-11(6-10(9)15)17-13(16)18(12)7-1-3-8(19)4-2-7/h5-8,19H,1-4H2,(H2,16,17). The van der Waals surface area contributed by atoms with Crippen LogP contribution >= 0.6 is 22.6 Å². The number of hydrogen-bond acceptors (Lipinski definition) is 3. The Morgan fingerprint density at radius 1 is 1.32 bits per heavy atom. The Bertz CT molecular complexity index is 620. The summed E-state index contributed by atoms with van der Waals surface area (Å²) in [6.45, 7) is 0. The van der Waals surface area contributed by atoms with Crippen molar-refractivity contribution >= 4 is 39.6 Å². The van der Waals surface area contributed by atoms with Crippen molar-refractivity contribution in [1.29, 1.82) is 0 Å². The van der Waals surface area contributed by atoms with Gasteiger partial charge in [-0.05, 0) is 54.3 Å². The summed E-state index contributed by atoms with van der Waals surface area (Å²) in [5.74, 6) is 0.183. The lowest BCUT2D eigenvalue weighted by Crippen LogP contribution is -2.22. The van der Waals surface area contributed by atoms with Gasteiger partial charge in [0.15, 0.2) is 0 Å². The van der Waals surface area contributed by atoms with Crippen LogP contribution in [0.4, 0.5) is 10.3 Å². The largest absolute Gasteiger partial charge is 0.393 e. The lowest BCUT2D eigenvalue weighted by Gasteiger charge is -2.27. The van der Waals surface area contributed by atoms with Crippen LogP contribution in [0.2, 0.25) is 0 Å². The monoisotopic (exact) mass is 375 g/mol. The zero-order valence-corrected chi connectivity index (χ0v) is 12.5. The van der Waals surface area contributed by atoms with E-state index in [1.165, 1.54) is 6.07 Å². The maximum Gasteiger partial charge on any atom is 0.201 e. The molecule has 1 aromatic heterocycles. The molecule has 19 heavy (non-hydrogen) atoms. The minimum absolute atomic E-state index is 0.202. The summed E-state index contributed by atoms with van der Waals surface area (Å²) in [7, 11) is 0. The number of nitrogens with two attached hydrogens (primary N) is 1. The highest BCUT2D eigenvalue weighted by Gasteiger charge is 2.24. The summed E-state index contributed by atoms with van der Waals surface area (Å²) < 4.78 is 16.2. The van der Waals surface area contributed by atoms with Crippen molar-refractivity contribution in [2.24, 2.45) is 0 Å². The van der Waals surface area contributed by atoms with Gasteiger partial charge in [0.25, 0.3) is 0 Å². The molecule has 0 saturated heterocycles.